The highest BCUT2D eigenvalue weighted by atomic mass is 35.5. The van der Waals surface area contributed by atoms with Crippen LogP contribution in [0.2, 0.25) is 10.0 Å². The molecule has 6 heteroatoms. The summed E-state index contributed by atoms with van der Waals surface area (Å²) in [4.78, 5) is 18.2. The van der Waals surface area contributed by atoms with E-state index in [1.54, 1.807) is 41.7 Å². The van der Waals surface area contributed by atoms with E-state index in [4.69, 9.17) is 23.2 Å². The fraction of sp³-hybridized carbons (Fsp3) is 0.158. The van der Waals surface area contributed by atoms with E-state index in [1.165, 1.54) is 4.88 Å². The van der Waals surface area contributed by atoms with Gasteiger partial charge in [0.1, 0.15) is 0 Å². The highest BCUT2D eigenvalue weighted by Crippen LogP contribution is 2.29. The van der Waals surface area contributed by atoms with Gasteiger partial charge >= 0.3 is 0 Å². The van der Waals surface area contributed by atoms with Crippen molar-refractivity contribution in [3.05, 3.63) is 68.0 Å². The van der Waals surface area contributed by atoms with Crippen molar-refractivity contribution in [1.82, 2.24) is 4.98 Å². The summed E-state index contributed by atoms with van der Waals surface area (Å²) < 4.78 is 0. The van der Waals surface area contributed by atoms with Gasteiger partial charge in [-0.05, 0) is 43.7 Å². The molecule has 0 saturated heterocycles. The lowest BCUT2D eigenvalue weighted by Gasteiger charge is -2.07. The number of thiazole rings is 1. The molecular weight excluding hydrogens is 375 g/mol. The van der Waals surface area contributed by atoms with Crippen LogP contribution in [-0.4, -0.2) is 10.9 Å². The van der Waals surface area contributed by atoms with Crippen LogP contribution in [0.4, 0.5) is 5.69 Å². The first-order valence-electron chi connectivity index (χ1n) is 7.81. The Bertz CT molecular complexity index is 920. The number of aryl methyl sites for hydroxylation is 2. The molecular formula is C19H16Cl2N2OS. The van der Waals surface area contributed by atoms with Crippen molar-refractivity contribution in [2.45, 2.75) is 20.3 Å². The monoisotopic (exact) mass is 390 g/mol. The summed E-state index contributed by atoms with van der Waals surface area (Å²) in [6.07, 6.45) is 0.945. The van der Waals surface area contributed by atoms with Gasteiger partial charge in [-0.25, -0.2) is 4.98 Å². The van der Waals surface area contributed by atoms with Gasteiger partial charge in [0.15, 0.2) is 0 Å². The molecule has 1 aromatic heterocycles. The summed E-state index contributed by atoms with van der Waals surface area (Å²) in [5.74, 6) is -0.199. The summed E-state index contributed by atoms with van der Waals surface area (Å²) in [7, 11) is 0. The smallest absolute Gasteiger partial charge is 0.255 e. The molecule has 0 unspecified atom stereocenters. The summed E-state index contributed by atoms with van der Waals surface area (Å²) in [6, 6.07) is 12.5. The van der Waals surface area contributed by atoms with E-state index < -0.39 is 0 Å². The van der Waals surface area contributed by atoms with Crippen LogP contribution in [0.15, 0.2) is 42.5 Å². The fourth-order valence-corrected chi connectivity index (χ4v) is 3.69. The van der Waals surface area contributed by atoms with E-state index in [1.807, 2.05) is 19.1 Å². The first-order chi connectivity index (χ1) is 12.0. The van der Waals surface area contributed by atoms with Crippen molar-refractivity contribution in [2.75, 3.05) is 5.32 Å². The van der Waals surface area contributed by atoms with E-state index >= 15 is 0 Å². The Morgan fingerprint density at radius 3 is 2.48 bits per heavy atom. The van der Waals surface area contributed by atoms with Gasteiger partial charge in [0.2, 0.25) is 0 Å². The maximum absolute atomic E-state index is 12.4. The second-order valence-electron chi connectivity index (χ2n) is 5.52. The number of carbonyl (C=O) groups is 1. The summed E-state index contributed by atoms with van der Waals surface area (Å²) >= 11 is 13.6. The third-order valence-corrected chi connectivity index (χ3v) is 5.58. The van der Waals surface area contributed by atoms with Crippen molar-refractivity contribution in [2.24, 2.45) is 0 Å². The first kappa shape index (κ1) is 17.9. The highest BCUT2D eigenvalue weighted by Gasteiger charge is 2.12. The lowest BCUT2D eigenvalue weighted by Crippen LogP contribution is -2.11. The molecule has 0 saturated carbocycles. The van der Waals surface area contributed by atoms with Crippen molar-refractivity contribution < 1.29 is 4.79 Å². The van der Waals surface area contributed by atoms with Crippen molar-refractivity contribution in [3.8, 4) is 11.3 Å². The van der Waals surface area contributed by atoms with Crippen molar-refractivity contribution in [1.29, 1.82) is 0 Å². The number of rotatable bonds is 4. The lowest BCUT2D eigenvalue weighted by molar-refractivity contribution is 0.102. The number of benzene rings is 2. The van der Waals surface area contributed by atoms with E-state index in [9.17, 15) is 4.79 Å². The highest BCUT2D eigenvalue weighted by molar-refractivity contribution is 7.12. The van der Waals surface area contributed by atoms with Crippen LogP contribution < -0.4 is 5.32 Å². The minimum atomic E-state index is -0.199. The number of hydrogen-bond donors (Lipinski definition) is 1. The Morgan fingerprint density at radius 2 is 1.84 bits per heavy atom. The third kappa shape index (κ3) is 4.03. The number of hydrogen-bond acceptors (Lipinski definition) is 3. The second kappa shape index (κ2) is 7.56. The lowest BCUT2D eigenvalue weighted by atomic mass is 10.1. The standard InChI is InChI=1S/C19H16Cl2N2OS/c1-3-17-18(22-11(2)25-17)12-4-6-13(7-5-12)19(24)23-14-8-9-15(20)16(21)10-14/h4-10H,3H2,1-2H3,(H,23,24). The molecule has 0 aliphatic heterocycles. The molecule has 3 nitrogen and oxygen atoms in total. The quantitative estimate of drug-likeness (QED) is 0.572. The van der Waals surface area contributed by atoms with Gasteiger partial charge < -0.3 is 5.32 Å². The molecule has 3 aromatic rings. The molecule has 0 fully saturated rings. The van der Waals surface area contributed by atoms with Crippen LogP contribution in [0.25, 0.3) is 11.3 Å². The number of nitrogens with one attached hydrogen (secondary N) is 1. The molecule has 0 atom stereocenters. The number of aromatic nitrogens is 1. The van der Waals surface area contributed by atoms with Crippen molar-refractivity contribution in [3.63, 3.8) is 0 Å². The van der Waals surface area contributed by atoms with E-state index in [-0.39, 0.29) is 5.91 Å². The Morgan fingerprint density at radius 1 is 1.12 bits per heavy atom. The largest absolute Gasteiger partial charge is 0.322 e. The van der Waals surface area contributed by atoms with E-state index in [2.05, 4.69) is 17.2 Å². The van der Waals surface area contributed by atoms with Gasteiger partial charge in [0.25, 0.3) is 5.91 Å². The molecule has 0 aliphatic rings. The van der Waals surface area contributed by atoms with Gasteiger partial charge in [-0.15, -0.1) is 11.3 Å². The molecule has 3 rings (SSSR count). The third-order valence-electron chi connectivity index (χ3n) is 3.72. The van der Waals surface area contributed by atoms with Gasteiger partial charge in [-0.1, -0.05) is 42.3 Å². The Kier molecular flexibility index (Phi) is 5.42. The van der Waals surface area contributed by atoms with Crippen LogP contribution in [0.3, 0.4) is 0 Å². The number of nitrogens with zero attached hydrogens (tertiary/aromatic N) is 1. The van der Waals surface area contributed by atoms with Gasteiger partial charge in [-0.2, -0.15) is 0 Å². The molecule has 1 amide bonds. The average molecular weight is 391 g/mol. The van der Waals surface area contributed by atoms with Crippen LogP contribution >= 0.6 is 34.5 Å². The fourth-order valence-electron chi connectivity index (χ4n) is 2.49. The summed E-state index contributed by atoms with van der Waals surface area (Å²) in [5.41, 5.74) is 3.19. The molecule has 1 heterocycles. The maximum atomic E-state index is 12.4. The van der Waals surface area contributed by atoms with Gasteiger partial charge in [0.05, 0.1) is 20.7 Å². The summed E-state index contributed by atoms with van der Waals surface area (Å²) in [6.45, 7) is 4.13. The Labute approximate surface area is 160 Å². The van der Waals surface area contributed by atoms with Crippen molar-refractivity contribution >= 4 is 46.1 Å². The zero-order valence-corrected chi connectivity index (χ0v) is 16.1. The minimum absolute atomic E-state index is 0.199. The summed E-state index contributed by atoms with van der Waals surface area (Å²) in [5, 5.41) is 4.72. The average Bonchev–Trinajstić information content (AvgIpc) is 2.99. The molecule has 2 aromatic carbocycles. The predicted molar refractivity (Wildman–Crippen MR) is 106 cm³/mol. The predicted octanol–water partition coefficient (Wildman–Crippen LogP) is 6.24. The van der Waals surface area contributed by atoms with E-state index in [0.717, 1.165) is 22.7 Å². The molecule has 128 valence electrons. The van der Waals surface area contributed by atoms with Crippen LogP contribution in [0, 0.1) is 6.92 Å². The minimum Gasteiger partial charge on any atom is -0.322 e. The normalized spacial score (nSPS) is 10.7. The molecule has 1 N–H and O–H groups in total. The number of amides is 1. The second-order valence-corrected chi connectivity index (χ2v) is 7.62. The van der Waals surface area contributed by atoms with Crippen LogP contribution in [0.1, 0.15) is 27.2 Å². The first-order valence-corrected chi connectivity index (χ1v) is 9.38. The SMILES string of the molecule is CCc1sc(C)nc1-c1ccc(C(=O)Nc2ccc(Cl)c(Cl)c2)cc1. The Balaban J connectivity index is 1.79. The molecule has 0 bridgehead atoms. The molecule has 0 spiro atoms. The van der Waals surface area contributed by atoms with E-state index in [0.29, 0.717) is 21.3 Å². The van der Waals surface area contributed by atoms with Crippen LogP contribution in [-0.2, 0) is 6.42 Å². The maximum Gasteiger partial charge on any atom is 0.255 e. The number of carbonyl (C=O) groups excluding carboxylic acids is 1. The number of anilines is 1. The topological polar surface area (TPSA) is 42.0 Å². The Hall–Kier alpha value is -1.88. The van der Waals surface area contributed by atoms with Gasteiger partial charge in [-0.3, -0.25) is 4.79 Å². The molecule has 25 heavy (non-hydrogen) atoms. The molecule has 0 radical (unpaired) electrons. The number of halogens is 2. The zero-order valence-electron chi connectivity index (χ0n) is 13.8. The van der Waals surface area contributed by atoms with Crippen LogP contribution in [0.5, 0.6) is 0 Å². The zero-order chi connectivity index (χ0) is 18.0. The molecule has 0 aliphatic carbocycles. The van der Waals surface area contributed by atoms with Gasteiger partial charge in [0, 0.05) is 21.7 Å².